The van der Waals surface area contributed by atoms with Gasteiger partial charge in [-0.1, -0.05) is 0 Å². The SMILES string of the molecule is O=S(=O)([O-])[O-].[Ca+2].[H-].[K+]. The molecule has 0 aromatic rings. The summed E-state index contributed by atoms with van der Waals surface area (Å²) < 4.78 is 34.1. The first kappa shape index (κ1) is 16.4. The Bertz CT molecular complexity index is 99.2. The molecule has 0 N–H and O–H groups in total. The number of hydrogen-bond donors (Lipinski definition) is 0. The van der Waals surface area contributed by atoms with Gasteiger partial charge in [-0.25, -0.2) is 0 Å². The summed E-state index contributed by atoms with van der Waals surface area (Å²) in [6.45, 7) is 0. The molecular weight excluding hydrogens is 175 g/mol. The van der Waals surface area contributed by atoms with Crippen LogP contribution in [0.4, 0.5) is 0 Å². The first-order chi connectivity index (χ1) is 2.00. The maximum absolute atomic E-state index is 8.52. The summed E-state index contributed by atoms with van der Waals surface area (Å²) in [7, 11) is -5.17. The molecule has 0 amide bonds. The van der Waals surface area contributed by atoms with Crippen molar-refractivity contribution in [2.24, 2.45) is 0 Å². The second-order valence-corrected chi connectivity index (χ2v) is 1.22. The molecular formula is HCaKO4S. The summed E-state index contributed by atoms with van der Waals surface area (Å²) in [5, 5.41) is 0. The standard InChI is InChI=1S/Ca.K.H2O4S.H/c;;1-5(2,3)4;/h;;(H2,1,2,3,4);/q+2;+1;;-1/p-2. The molecule has 0 aliphatic heterocycles. The van der Waals surface area contributed by atoms with Gasteiger partial charge in [-0.3, -0.25) is 8.42 Å². The van der Waals surface area contributed by atoms with E-state index in [4.69, 9.17) is 17.5 Å². The van der Waals surface area contributed by atoms with E-state index in [9.17, 15) is 0 Å². The van der Waals surface area contributed by atoms with Gasteiger partial charge in [0.15, 0.2) is 0 Å². The summed E-state index contributed by atoms with van der Waals surface area (Å²) >= 11 is 0. The Balaban J connectivity index is -0.0000000267. The van der Waals surface area contributed by atoms with Crippen molar-refractivity contribution in [3.63, 3.8) is 0 Å². The molecule has 0 radical (unpaired) electrons. The average Bonchev–Trinajstić information content (AvgIpc) is 0.722. The minimum Gasteiger partial charge on any atom is -1.00 e. The molecule has 0 saturated carbocycles. The third-order valence-electron chi connectivity index (χ3n) is 0. The van der Waals surface area contributed by atoms with E-state index in [0.717, 1.165) is 0 Å². The minimum absolute atomic E-state index is 0. The third kappa shape index (κ3) is 52.5. The monoisotopic (exact) mass is 176 g/mol. The normalized spacial score (nSPS) is 8.29. The Morgan fingerprint density at radius 3 is 1.29 bits per heavy atom. The fourth-order valence-corrected chi connectivity index (χ4v) is 0. The van der Waals surface area contributed by atoms with E-state index >= 15 is 0 Å². The van der Waals surface area contributed by atoms with Crippen LogP contribution in [0, 0.1) is 0 Å². The molecule has 0 aromatic heterocycles. The average molecular weight is 176 g/mol. The van der Waals surface area contributed by atoms with Gasteiger partial charge in [0.2, 0.25) is 0 Å². The van der Waals surface area contributed by atoms with Crippen LogP contribution in [-0.4, -0.2) is 55.3 Å². The van der Waals surface area contributed by atoms with Gasteiger partial charge in [0, 0.05) is 10.4 Å². The quantitative estimate of drug-likeness (QED) is 0.211. The van der Waals surface area contributed by atoms with E-state index in [2.05, 4.69) is 0 Å². The minimum atomic E-state index is -5.17. The second-order valence-electron chi connectivity index (χ2n) is 0.408. The molecule has 0 unspecified atom stereocenters. The number of hydrogen-bond acceptors (Lipinski definition) is 4. The van der Waals surface area contributed by atoms with Crippen LogP contribution in [0.3, 0.4) is 0 Å². The second kappa shape index (κ2) is 6.88. The van der Waals surface area contributed by atoms with Crippen LogP contribution in [-0.2, 0) is 10.4 Å². The van der Waals surface area contributed by atoms with Crippen LogP contribution in [0.1, 0.15) is 1.43 Å². The molecule has 0 bridgehead atoms. The van der Waals surface area contributed by atoms with Gasteiger partial charge in [0.05, 0.1) is 0 Å². The van der Waals surface area contributed by atoms with E-state index in [1.807, 2.05) is 0 Å². The van der Waals surface area contributed by atoms with E-state index in [1.165, 1.54) is 0 Å². The Morgan fingerprint density at radius 2 is 1.29 bits per heavy atom. The van der Waals surface area contributed by atoms with Crippen molar-refractivity contribution in [1.82, 2.24) is 0 Å². The summed E-state index contributed by atoms with van der Waals surface area (Å²) in [4.78, 5) is 0. The van der Waals surface area contributed by atoms with Crippen molar-refractivity contribution in [1.29, 1.82) is 0 Å². The first-order valence-electron chi connectivity index (χ1n) is 0.667. The largest absolute Gasteiger partial charge is 2.00 e. The van der Waals surface area contributed by atoms with Gasteiger partial charge in [0.1, 0.15) is 0 Å². The molecule has 0 aromatic carbocycles. The third-order valence-corrected chi connectivity index (χ3v) is 0. The molecule has 0 aliphatic rings. The predicted octanol–water partition coefficient (Wildman–Crippen LogP) is -4.60. The summed E-state index contributed by atoms with van der Waals surface area (Å²) in [6.07, 6.45) is 0. The molecule has 0 spiro atoms. The molecule has 0 atom stereocenters. The number of rotatable bonds is 0. The van der Waals surface area contributed by atoms with Crippen molar-refractivity contribution >= 4 is 48.1 Å². The molecule has 7 heteroatoms. The van der Waals surface area contributed by atoms with Gasteiger partial charge < -0.3 is 10.5 Å². The molecule has 0 saturated heterocycles. The zero-order valence-electron chi connectivity index (χ0n) is 4.75. The van der Waals surface area contributed by atoms with Crippen LogP contribution in [0.15, 0.2) is 0 Å². The molecule has 0 heterocycles. The zero-order chi connectivity index (χ0) is 4.50. The van der Waals surface area contributed by atoms with E-state index in [-0.39, 0.29) is 90.5 Å². The smallest absolute Gasteiger partial charge is 1.00 e. The van der Waals surface area contributed by atoms with Gasteiger partial charge >= 0.3 is 89.1 Å². The van der Waals surface area contributed by atoms with Gasteiger partial charge in [-0.05, 0) is 0 Å². The summed E-state index contributed by atoms with van der Waals surface area (Å²) in [5.41, 5.74) is 0. The van der Waals surface area contributed by atoms with Crippen molar-refractivity contribution < 1.29 is 70.3 Å². The molecule has 4 nitrogen and oxygen atoms in total. The van der Waals surface area contributed by atoms with Crippen LogP contribution >= 0.6 is 0 Å². The van der Waals surface area contributed by atoms with Crippen LogP contribution < -0.4 is 51.4 Å². The Morgan fingerprint density at radius 1 is 1.29 bits per heavy atom. The Kier molecular flexibility index (Phi) is 16.1. The first-order valence-corrected chi connectivity index (χ1v) is 2.00. The van der Waals surface area contributed by atoms with Crippen molar-refractivity contribution in [2.45, 2.75) is 0 Å². The van der Waals surface area contributed by atoms with Gasteiger partial charge in [-0.2, -0.15) is 0 Å². The molecule has 0 aliphatic carbocycles. The summed E-state index contributed by atoms with van der Waals surface area (Å²) in [6, 6.07) is 0. The van der Waals surface area contributed by atoms with Crippen LogP contribution in [0.2, 0.25) is 0 Å². The fourth-order valence-electron chi connectivity index (χ4n) is 0. The molecule has 34 valence electrons. The van der Waals surface area contributed by atoms with Crippen LogP contribution in [0.25, 0.3) is 0 Å². The van der Waals surface area contributed by atoms with E-state index in [1.54, 1.807) is 0 Å². The van der Waals surface area contributed by atoms with Gasteiger partial charge in [0.25, 0.3) is 0 Å². The van der Waals surface area contributed by atoms with E-state index in [0.29, 0.717) is 0 Å². The maximum atomic E-state index is 8.52. The van der Waals surface area contributed by atoms with Crippen LogP contribution in [0.5, 0.6) is 0 Å². The topological polar surface area (TPSA) is 80.3 Å². The van der Waals surface area contributed by atoms with Crippen molar-refractivity contribution in [3.8, 4) is 0 Å². The Labute approximate surface area is 116 Å². The molecule has 7 heavy (non-hydrogen) atoms. The predicted molar refractivity (Wildman–Crippen MR) is 17.3 cm³/mol. The van der Waals surface area contributed by atoms with E-state index < -0.39 is 10.4 Å². The molecule has 0 rings (SSSR count). The zero-order valence-corrected chi connectivity index (χ0v) is 9.90. The fraction of sp³-hybridized carbons (Fsp3) is 0. The summed E-state index contributed by atoms with van der Waals surface area (Å²) in [5.74, 6) is 0. The van der Waals surface area contributed by atoms with Crippen molar-refractivity contribution in [2.75, 3.05) is 0 Å². The Hall–Kier alpha value is 2.77. The van der Waals surface area contributed by atoms with Crippen molar-refractivity contribution in [3.05, 3.63) is 0 Å². The molecule has 0 fully saturated rings. The van der Waals surface area contributed by atoms with Gasteiger partial charge in [-0.15, -0.1) is 0 Å². The maximum Gasteiger partial charge on any atom is 2.00 e.